The number of ether oxygens (including phenoxy) is 7. The smallest absolute Gasteiger partial charge is 0.408 e. The molecule has 6 rings (SSSR count). The molecule has 61 heavy (non-hydrogen) atoms. The predicted octanol–water partition coefficient (Wildman–Crippen LogP) is 3.54. The summed E-state index contributed by atoms with van der Waals surface area (Å²) in [7, 11) is 2.76. The molecule has 16 nitrogen and oxygen atoms in total. The molecule has 0 unspecified atom stereocenters. The Bertz CT molecular complexity index is 2040. The van der Waals surface area contributed by atoms with Crippen LogP contribution in [0.2, 0.25) is 0 Å². The molecule has 3 aliphatic carbocycles. The Kier molecular flexibility index (Phi) is 12.7. The van der Waals surface area contributed by atoms with E-state index in [2.05, 4.69) is 5.32 Å². The lowest BCUT2D eigenvalue weighted by atomic mass is 9.44. The highest BCUT2D eigenvalue weighted by Gasteiger charge is 2.78. The molecule has 2 aromatic rings. The molecule has 1 heterocycles. The average Bonchev–Trinajstić information content (AvgIpc) is 3.21. The fourth-order valence-electron chi connectivity index (χ4n) is 10.1. The van der Waals surface area contributed by atoms with Crippen LogP contribution in [-0.2, 0) is 47.5 Å². The summed E-state index contributed by atoms with van der Waals surface area (Å²) in [5.74, 6) is -4.63. The first-order chi connectivity index (χ1) is 28.6. The molecule has 1 saturated heterocycles. The van der Waals surface area contributed by atoms with Crippen LogP contribution in [0.4, 0.5) is 4.79 Å². The summed E-state index contributed by atoms with van der Waals surface area (Å²) in [5, 5.41) is 37.6. The number of esters is 3. The number of carbonyl (C=O) groups is 5. The molecule has 332 valence electrons. The van der Waals surface area contributed by atoms with Crippen LogP contribution in [0.15, 0.2) is 71.8 Å². The number of rotatable bonds is 12. The van der Waals surface area contributed by atoms with E-state index in [9.17, 15) is 34.5 Å². The van der Waals surface area contributed by atoms with Crippen LogP contribution >= 0.6 is 0 Å². The third-order valence-electron chi connectivity index (χ3n) is 13.4. The molecule has 4 N–H and O–H groups in total. The maximum absolute atomic E-state index is 15.5. The molecule has 16 heteroatoms. The number of carbonyl (C=O) groups excluding carboxylic acids is 5. The van der Waals surface area contributed by atoms with E-state index in [1.54, 1.807) is 76.2 Å². The van der Waals surface area contributed by atoms with Crippen molar-refractivity contribution in [2.24, 2.45) is 16.7 Å². The molecule has 2 saturated carbocycles. The van der Waals surface area contributed by atoms with Gasteiger partial charge < -0.3 is 53.8 Å². The highest BCUT2D eigenvalue weighted by molar-refractivity contribution is 5.94. The van der Waals surface area contributed by atoms with E-state index < -0.39 is 119 Å². The second-order valence-corrected chi connectivity index (χ2v) is 17.8. The Hall–Kier alpha value is -4.71. The summed E-state index contributed by atoms with van der Waals surface area (Å²) in [4.78, 5) is 70.2. The molecular formula is C45H57NO15. The first kappa shape index (κ1) is 45.8. The zero-order valence-corrected chi connectivity index (χ0v) is 36.0. The molecule has 2 bridgehead atoms. The maximum atomic E-state index is 15.5. The second kappa shape index (κ2) is 16.9. The van der Waals surface area contributed by atoms with Crippen molar-refractivity contribution in [3.63, 3.8) is 0 Å². The lowest BCUT2D eigenvalue weighted by molar-refractivity contribution is -0.347. The molecule has 11 atom stereocenters. The van der Waals surface area contributed by atoms with Gasteiger partial charge in [0.05, 0.1) is 42.3 Å². The Morgan fingerprint density at radius 2 is 1.59 bits per heavy atom. The summed E-state index contributed by atoms with van der Waals surface area (Å²) in [6.45, 7) is 10.0. The van der Waals surface area contributed by atoms with Gasteiger partial charge in [0.25, 0.3) is 0 Å². The number of aliphatic hydroxyl groups is 3. The van der Waals surface area contributed by atoms with E-state index in [4.69, 9.17) is 33.2 Å². The molecule has 4 aliphatic rings. The topological polar surface area (TPSA) is 223 Å². The predicted molar refractivity (Wildman–Crippen MR) is 215 cm³/mol. The number of amides is 1. The molecule has 1 amide bonds. The van der Waals surface area contributed by atoms with E-state index in [0.29, 0.717) is 11.1 Å². The zero-order chi connectivity index (χ0) is 44.9. The highest BCUT2D eigenvalue weighted by atomic mass is 16.6. The van der Waals surface area contributed by atoms with Crippen LogP contribution in [0.3, 0.4) is 0 Å². The molecular weight excluding hydrogens is 794 g/mol. The maximum Gasteiger partial charge on any atom is 0.408 e. The van der Waals surface area contributed by atoms with Crippen LogP contribution in [0.1, 0.15) is 83.3 Å². The van der Waals surface area contributed by atoms with Crippen LogP contribution in [0.25, 0.3) is 0 Å². The van der Waals surface area contributed by atoms with E-state index in [0.717, 1.165) is 0 Å². The zero-order valence-electron chi connectivity index (χ0n) is 36.0. The molecule has 2 aromatic carbocycles. The molecule has 3 fully saturated rings. The summed E-state index contributed by atoms with van der Waals surface area (Å²) >= 11 is 0. The number of hydrogen-bond donors (Lipinski definition) is 4. The van der Waals surface area contributed by atoms with Crippen LogP contribution in [0.5, 0.6) is 0 Å². The molecule has 0 aromatic heterocycles. The quantitative estimate of drug-likeness (QED) is 0.136. The summed E-state index contributed by atoms with van der Waals surface area (Å²) in [6, 6.07) is 14.7. The average molecular weight is 852 g/mol. The number of hydrogen-bond acceptors (Lipinski definition) is 15. The fourth-order valence-corrected chi connectivity index (χ4v) is 10.1. The summed E-state index contributed by atoms with van der Waals surface area (Å²) in [6.07, 6.45) is -9.66. The van der Waals surface area contributed by atoms with E-state index in [-0.39, 0.29) is 24.2 Å². The Morgan fingerprint density at radius 1 is 0.967 bits per heavy atom. The van der Waals surface area contributed by atoms with Gasteiger partial charge in [-0.15, -0.1) is 0 Å². The van der Waals surface area contributed by atoms with Crippen molar-refractivity contribution in [1.29, 1.82) is 0 Å². The first-order valence-corrected chi connectivity index (χ1v) is 20.3. The second-order valence-electron chi connectivity index (χ2n) is 17.8. The van der Waals surface area contributed by atoms with Gasteiger partial charge in [-0.25, -0.2) is 14.4 Å². The molecule has 1 aliphatic heterocycles. The van der Waals surface area contributed by atoms with E-state index in [1.807, 2.05) is 0 Å². The number of methoxy groups -OCH3 is 2. The third-order valence-corrected chi connectivity index (χ3v) is 13.4. The molecule has 0 radical (unpaired) electrons. The van der Waals surface area contributed by atoms with Crippen molar-refractivity contribution in [3.05, 3.63) is 82.9 Å². The highest BCUT2D eigenvalue weighted by Crippen LogP contribution is 2.64. The Balaban J connectivity index is 1.51. The summed E-state index contributed by atoms with van der Waals surface area (Å²) in [5.41, 5.74) is -7.32. The van der Waals surface area contributed by atoms with Gasteiger partial charge >= 0.3 is 24.0 Å². The van der Waals surface area contributed by atoms with Crippen LogP contribution in [0, 0.1) is 16.7 Å². The fraction of sp³-hybridized carbons (Fsp3) is 0.578. The van der Waals surface area contributed by atoms with Gasteiger partial charge in [0, 0.05) is 39.4 Å². The number of alkyl carbamates (subject to hydrolysis) is 1. The third kappa shape index (κ3) is 7.76. The number of benzene rings is 2. The van der Waals surface area contributed by atoms with E-state index >= 15 is 4.79 Å². The largest absolute Gasteiger partial charge is 0.456 e. The number of Topliss-reactive ketones (excluding diaryl/α,β-unsaturated/α-hetero) is 1. The lowest BCUT2D eigenvalue weighted by Gasteiger charge is -2.67. The minimum Gasteiger partial charge on any atom is -0.456 e. The minimum atomic E-state index is -2.24. The van der Waals surface area contributed by atoms with Gasteiger partial charge in [0.15, 0.2) is 17.5 Å². The first-order valence-electron chi connectivity index (χ1n) is 20.3. The number of fused-ring (bicyclic) bond motifs is 5. The van der Waals surface area contributed by atoms with Gasteiger partial charge in [-0.3, -0.25) is 9.59 Å². The Labute approximate surface area is 354 Å². The number of aliphatic hydroxyl groups excluding tert-OH is 2. The van der Waals surface area contributed by atoms with Crippen molar-refractivity contribution in [2.75, 3.05) is 27.4 Å². The van der Waals surface area contributed by atoms with Crippen molar-refractivity contribution in [2.45, 2.75) is 121 Å². The van der Waals surface area contributed by atoms with Crippen LogP contribution in [-0.4, -0.2) is 126 Å². The number of ketones is 1. The van der Waals surface area contributed by atoms with Gasteiger partial charge in [0.2, 0.25) is 0 Å². The van der Waals surface area contributed by atoms with Gasteiger partial charge in [-0.05, 0) is 56.5 Å². The van der Waals surface area contributed by atoms with Crippen molar-refractivity contribution < 1.29 is 72.5 Å². The normalized spacial score (nSPS) is 32.6. The van der Waals surface area contributed by atoms with Crippen LogP contribution < -0.4 is 5.32 Å². The van der Waals surface area contributed by atoms with Crippen molar-refractivity contribution >= 4 is 29.8 Å². The molecule has 0 spiro atoms. The summed E-state index contributed by atoms with van der Waals surface area (Å²) < 4.78 is 42.2. The Morgan fingerprint density at radius 3 is 2.13 bits per heavy atom. The van der Waals surface area contributed by atoms with Crippen molar-refractivity contribution in [1.82, 2.24) is 5.32 Å². The van der Waals surface area contributed by atoms with Gasteiger partial charge in [-0.1, -0.05) is 62.4 Å². The van der Waals surface area contributed by atoms with Crippen molar-refractivity contribution in [3.8, 4) is 0 Å². The van der Waals surface area contributed by atoms with E-state index in [1.165, 1.54) is 47.1 Å². The standard InChI is InChI=1S/C45H57NO15/c1-24-28(58-39(52)33(49)32(26-16-12-10-13-17-26)46-40(53)61-41(3,4)22-47)21-45(54)37(59-38(51)27-18-14-11-15-19-27)35-43(7,36(50)34(56-9)31(24)42(45,5)6)29(55-8)20-30-44(35,23-57-30)60-25(2)48/h10-19,28-30,32-35,37,47,49,54H,20-23H2,1-9H3,(H,46,53)/t28-,29-,30+,32-,33+,34+,35-,37-,43+,44-,45+/m0/s1. The van der Waals surface area contributed by atoms with Gasteiger partial charge in [-0.2, -0.15) is 0 Å². The lowest BCUT2D eigenvalue weighted by Crippen LogP contribution is -2.82. The van der Waals surface area contributed by atoms with Gasteiger partial charge in [0.1, 0.15) is 35.6 Å². The number of nitrogens with one attached hydrogen (secondary N) is 1. The SMILES string of the molecule is CO[C@H]1C(=O)[C@]2(C)[C@@H](OC)C[C@H]3OC[C@@]3(OC(C)=O)[C@H]2[C@H](OC(=O)c2ccccc2)[C@]2(O)C[C@H](OC(=O)[C@H](O)[C@@H](NC(=O)OC(C)(C)CO)c3ccccc3)C(C)=C1C2(C)C. The minimum absolute atomic E-state index is 0.109. The monoisotopic (exact) mass is 851 g/mol.